The zero-order valence-corrected chi connectivity index (χ0v) is 24.6. The number of ether oxygens (including phenoxy) is 3. The topological polar surface area (TPSA) is 119 Å². The highest BCUT2D eigenvalue weighted by Gasteiger charge is 2.76. The average molecular weight is 557 g/mol. The maximum atomic E-state index is 14.2. The zero-order valence-electron chi connectivity index (χ0n) is 24.6. The van der Waals surface area contributed by atoms with Gasteiger partial charge >= 0.3 is 11.9 Å². The molecule has 220 valence electrons. The van der Waals surface area contributed by atoms with Gasteiger partial charge in [0.05, 0.1) is 5.41 Å². The molecule has 4 saturated carbocycles. The largest absolute Gasteiger partial charge is 0.463 e. The lowest BCUT2D eigenvalue weighted by Gasteiger charge is -2.60. The molecule has 6 aliphatic rings. The van der Waals surface area contributed by atoms with E-state index in [1.165, 1.54) is 13.8 Å². The van der Waals surface area contributed by atoms with Crippen LogP contribution < -0.4 is 0 Å². The minimum atomic E-state index is -1.29. The van der Waals surface area contributed by atoms with E-state index in [4.69, 9.17) is 14.2 Å². The van der Waals surface area contributed by atoms with Gasteiger partial charge in [-0.25, -0.2) is 0 Å². The summed E-state index contributed by atoms with van der Waals surface area (Å²) in [5.74, 6) is -1.76. The van der Waals surface area contributed by atoms with E-state index in [2.05, 4.69) is 13.0 Å². The molecule has 1 aliphatic heterocycles. The highest BCUT2D eigenvalue weighted by Crippen LogP contribution is 2.72. The molecule has 5 fully saturated rings. The number of rotatable bonds is 2. The summed E-state index contributed by atoms with van der Waals surface area (Å²) < 4.78 is 18.8. The van der Waals surface area contributed by atoms with Crippen LogP contribution in [0.15, 0.2) is 23.7 Å². The molecule has 8 unspecified atom stereocenters. The molecule has 0 amide bonds. The lowest BCUT2D eigenvalue weighted by Crippen LogP contribution is -2.69. The van der Waals surface area contributed by atoms with Gasteiger partial charge in [0, 0.05) is 43.4 Å². The molecule has 6 rings (SSSR count). The van der Waals surface area contributed by atoms with Crippen LogP contribution >= 0.6 is 0 Å². The van der Waals surface area contributed by atoms with Gasteiger partial charge in [0.15, 0.2) is 5.78 Å². The van der Waals surface area contributed by atoms with E-state index in [9.17, 15) is 24.6 Å². The summed E-state index contributed by atoms with van der Waals surface area (Å²) in [5.41, 5.74) is -3.92. The Morgan fingerprint density at radius 2 is 1.68 bits per heavy atom. The number of ketones is 1. The average Bonchev–Trinajstić information content (AvgIpc) is 3.32. The van der Waals surface area contributed by atoms with Gasteiger partial charge in [-0.15, -0.1) is 0 Å². The number of allylic oxidation sites excluding steroid dienone is 2. The molecule has 8 nitrogen and oxygen atoms in total. The fourth-order valence-electron chi connectivity index (χ4n) is 10.9. The third kappa shape index (κ3) is 3.29. The Bertz CT molecular complexity index is 1200. The summed E-state index contributed by atoms with van der Waals surface area (Å²) in [6, 6.07) is 0. The summed E-state index contributed by atoms with van der Waals surface area (Å²) >= 11 is 0. The number of aliphatic hydroxyl groups excluding tert-OH is 1. The SMILES string of the molecule is C/C=C1\OC2=C[C@@H](C)C3C(CC4C5C(=O)[C@H](O)C6CCCCC6(OC(C)=O)[C@H]5CCC43OC(C)=O)C2(C)[C@]1(C)O. The number of carbonyl (C=O) groups excluding carboxylic acids is 3. The van der Waals surface area contributed by atoms with Crippen LogP contribution in [0.2, 0.25) is 0 Å². The van der Waals surface area contributed by atoms with Crippen molar-refractivity contribution in [2.24, 2.45) is 46.8 Å². The van der Waals surface area contributed by atoms with E-state index in [1.54, 1.807) is 13.0 Å². The van der Waals surface area contributed by atoms with E-state index in [1.807, 2.05) is 13.8 Å². The van der Waals surface area contributed by atoms with Crippen molar-refractivity contribution in [2.75, 3.05) is 0 Å². The molecular weight excluding hydrogens is 512 g/mol. The number of aliphatic hydroxyl groups is 2. The van der Waals surface area contributed by atoms with Crippen molar-refractivity contribution in [2.45, 2.75) is 109 Å². The maximum absolute atomic E-state index is 14.2. The predicted molar refractivity (Wildman–Crippen MR) is 144 cm³/mol. The predicted octanol–water partition coefficient (Wildman–Crippen LogP) is 4.23. The van der Waals surface area contributed by atoms with Crippen LogP contribution in [-0.4, -0.2) is 50.8 Å². The number of hydrogen-bond donors (Lipinski definition) is 2. The van der Waals surface area contributed by atoms with Gasteiger partial charge in [0.25, 0.3) is 0 Å². The van der Waals surface area contributed by atoms with E-state index < -0.39 is 52.1 Å². The highest BCUT2D eigenvalue weighted by molar-refractivity contribution is 5.88. The lowest BCUT2D eigenvalue weighted by atomic mass is 9.48. The minimum absolute atomic E-state index is 0.0329. The molecule has 0 aromatic carbocycles. The first-order chi connectivity index (χ1) is 18.8. The fraction of sp³-hybridized carbons (Fsp3) is 0.781. The second-order valence-corrected chi connectivity index (χ2v) is 13.9. The summed E-state index contributed by atoms with van der Waals surface area (Å²) in [4.78, 5) is 39.5. The molecule has 8 heteroatoms. The maximum Gasteiger partial charge on any atom is 0.303 e. The second kappa shape index (κ2) is 8.90. The van der Waals surface area contributed by atoms with Gasteiger partial charge in [-0.3, -0.25) is 14.4 Å². The Morgan fingerprint density at radius 3 is 2.33 bits per heavy atom. The number of Topliss-reactive ketones (excluding diaryl/α,β-unsaturated/α-hetero) is 1. The van der Waals surface area contributed by atoms with Crippen LogP contribution in [0.1, 0.15) is 86.5 Å². The quantitative estimate of drug-likeness (QED) is 0.485. The van der Waals surface area contributed by atoms with Crippen LogP contribution in [-0.2, 0) is 28.6 Å². The van der Waals surface area contributed by atoms with Crippen molar-refractivity contribution in [1.29, 1.82) is 0 Å². The van der Waals surface area contributed by atoms with Crippen molar-refractivity contribution in [1.82, 2.24) is 0 Å². The smallest absolute Gasteiger partial charge is 0.303 e. The number of carbonyl (C=O) groups is 3. The number of esters is 2. The molecule has 0 radical (unpaired) electrons. The van der Waals surface area contributed by atoms with Gasteiger partial charge in [0.1, 0.15) is 34.4 Å². The van der Waals surface area contributed by atoms with Gasteiger partial charge < -0.3 is 24.4 Å². The zero-order chi connectivity index (χ0) is 29.0. The number of hydrogen-bond acceptors (Lipinski definition) is 8. The lowest BCUT2D eigenvalue weighted by molar-refractivity contribution is -0.236. The van der Waals surface area contributed by atoms with Gasteiger partial charge in [0.2, 0.25) is 0 Å². The Hall–Kier alpha value is -2.19. The van der Waals surface area contributed by atoms with E-state index in [-0.39, 0.29) is 35.4 Å². The molecule has 0 spiro atoms. The van der Waals surface area contributed by atoms with Crippen LogP contribution in [0, 0.1) is 46.8 Å². The summed E-state index contributed by atoms with van der Waals surface area (Å²) in [6.45, 7) is 10.6. The van der Waals surface area contributed by atoms with E-state index in [0.717, 1.165) is 18.6 Å². The van der Waals surface area contributed by atoms with Crippen LogP contribution in [0.5, 0.6) is 0 Å². The molecule has 0 aromatic rings. The fourth-order valence-corrected chi connectivity index (χ4v) is 10.9. The normalized spacial score (nSPS) is 51.9. The van der Waals surface area contributed by atoms with Crippen LogP contribution in [0.4, 0.5) is 0 Å². The molecule has 12 atom stereocenters. The third-order valence-corrected chi connectivity index (χ3v) is 12.3. The molecule has 5 aliphatic carbocycles. The Morgan fingerprint density at radius 1 is 1.00 bits per heavy atom. The number of fused-ring (bicyclic) bond motifs is 9. The summed E-state index contributed by atoms with van der Waals surface area (Å²) in [6.07, 6.45) is 7.30. The first-order valence-corrected chi connectivity index (χ1v) is 15.2. The molecule has 1 heterocycles. The summed E-state index contributed by atoms with van der Waals surface area (Å²) in [5, 5.41) is 23.5. The molecule has 0 aromatic heterocycles. The van der Waals surface area contributed by atoms with E-state index in [0.29, 0.717) is 37.9 Å². The molecule has 0 bridgehead atoms. The van der Waals surface area contributed by atoms with E-state index >= 15 is 0 Å². The van der Waals surface area contributed by atoms with Crippen molar-refractivity contribution >= 4 is 17.7 Å². The molecule has 1 saturated heterocycles. The van der Waals surface area contributed by atoms with Gasteiger partial charge in [-0.05, 0) is 83.3 Å². The van der Waals surface area contributed by atoms with Crippen molar-refractivity contribution < 1.29 is 38.8 Å². The second-order valence-electron chi connectivity index (χ2n) is 13.9. The Kier molecular flexibility index (Phi) is 6.22. The molecular formula is C32H44O8. The van der Waals surface area contributed by atoms with Crippen LogP contribution in [0.3, 0.4) is 0 Å². The highest BCUT2D eigenvalue weighted by atomic mass is 16.6. The monoisotopic (exact) mass is 556 g/mol. The van der Waals surface area contributed by atoms with Gasteiger partial charge in [-0.2, -0.15) is 0 Å². The minimum Gasteiger partial charge on any atom is -0.463 e. The van der Waals surface area contributed by atoms with Crippen molar-refractivity contribution in [3.8, 4) is 0 Å². The van der Waals surface area contributed by atoms with Crippen molar-refractivity contribution in [3.05, 3.63) is 23.7 Å². The van der Waals surface area contributed by atoms with Crippen molar-refractivity contribution in [3.63, 3.8) is 0 Å². The van der Waals surface area contributed by atoms with Gasteiger partial charge in [-0.1, -0.05) is 13.3 Å². The van der Waals surface area contributed by atoms with Crippen LogP contribution in [0.25, 0.3) is 0 Å². The molecule has 2 N–H and O–H groups in total. The Labute approximate surface area is 236 Å². The Balaban J connectivity index is 1.51. The first-order valence-electron chi connectivity index (χ1n) is 15.2. The standard InChI is InChI=1S/C32H44O8/c1-7-23-30(6,37)29(5)22-15-21-25-19(31(39-17(3)33)12-9-8-10-20(31)27(35)28(25)36)11-13-32(21,40-18(4)34)26(22)16(2)14-24(29)38-23/h7,14,16,19-22,25-27,35,37H,8-13,15H2,1-6H3/b23-7-/t16-,19+,20?,21?,22?,25?,26?,27-,29?,30-,31?,32?/m1/s1. The third-order valence-electron chi connectivity index (χ3n) is 12.3. The summed E-state index contributed by atoms with van der Waals surface area (Å²) in [7, 11) is 0. The first kappa shape index (κ1) is 28.0. The molecule has 40 heavy (non-hydrogen) atoms.